The van der Waals surface area contributed by atoms with Gasteiger partial charge < -0.3 is 10.6 Å². The molecule has 0 spiro atoms. The van der Waals surface area contributed by atoms with E-state index >= 15 is 0 Å². The van der Waals surface area contributed by atoms with E-state index in [0.717, 1.165) is 28.1 Å². The molecule has 3 rings (SSSR count). The molecule has 7 heteroatoms. The number of urea groups is 1. The molecule has 0 aliphatic carbocycles. The van der Waals surface area contributed by atoms with Gasteiger partial charge in [0.1, 0.15) is 12.2 Å². The summed E-state index contributed by atoms with van der Waals surface area (Å²) in [5, 5.41) is 10.9. The number of pyridine rings is 1. The molecule has 0 fully saturated rings. The van der Waals surface area contributed by atoms with Gasteiger partial charge in [0.25, 0.3) is 0 Å². The Bertz CT molecular complexity index is 901. The van der Waals surface area contributed by atoms with E-state index in [2.05, 4.69) is 25.7 Å². The maximum absolute atomic E-state index is 12.4. The van der Waals surface area contributed by atoms with E-state index in [1.807, 2.05) is 58.2 Å². The number of hydrogen-bond acceptors (Lipinski definition) is 4. The predicted octanol–water partition coefficient (Wildman–Crippen LogP) is 3.19. The van der Waals surface area contributed by atoms with Crippen LogP contribution in [-0.4, -0.2) is 25.8 Å². The van der Waals surface area contributed by atoms with Crippen molar-refractivity contribution in [2.75, 3.05) is 5.32 Å². The van der Waals surface area contributed by atoms with Gasteiger partial charge in [0.05, 0.1) is 11.6 Å². The minimum Gasteiger partial charge on any atom is -0.328 e. The van der Waals surface area contributed by atoms with Crippen LogP contribution in [0.5, 0.6) is 0 Å². The Morgan fingerprint density at radius 3 is 2.68 bits per heavy atom. The number of hydrogen-bond donors (Lipinski definition) is 2. The molecule has 0 bridgehead atoms. The maximum atomic E-state index is 12.4. The number of carbonyl (C=O) groups excluding carboxylic acids is 1. The molecule has 2 amide bonds. The molecule has 25 heavy (non-hydrogen) atoms. The normalized spacial score (nSPS) is 12.4. The van der Waals surface area contributed by atoms with E-state index in [-0.39, 0.29) is 18.0 Å². The minimum atomic E-state index is -0.277. The number of carbonyl (C=O) groups is 1. The van der Waals surface area contributed by atoms with Gasteiger partial charge in [0, 0.05) is 23.8 Å². The van der Waals surface area contributed by atoms with Gasteiger partial charge in [0.2, 0.25) is 0 Å². The Morgan fingerprint density at radius 1 is 1.20 bits per heavy atom. The number of fused-ring (bicyclic) bond motifs is 1. The largest absolute Gasteiger partial charge is 0.328 e. The number of anilines is 1. The molecule has 7 nitrogen and oxygen atoms in total. The van der Waals surface area contributed by atoms with Gasteiger partial charge in [0.15, 0.2) is 0 Å². The second-order valence-corrected chi connectivity index (χ2v) is 6.42. The zero-order chi connectivity index (χ0) is 18.0. The fourth-order valence-corrected chi connectivity index (χ4v) is 2.73. The van der Waals surface area contributed by atoms with E-state index in [1.54, 1.807) is 4.68 Å². The predicted molar refractivity (Wildman–Crippen MR) is 97.2 cm³/mol. The van der Waals surface area contributed by atoms with Crippen LogP contribution in [0.4, 0.5) is 10.5 Å². The summed E-state index contributed by atoms with van der Waals surface area (Å²) in [4.78, 5) is 21.1. The van der Waals surface area contributed by atoms with Crippen molar-refractivity contribution in [3.63, 3.8) is 0 Å². The van der Waals surface area contributed by atoms with E-state index in [4.69, 9.17) is 0 Å². The maximum Gasteiger partial charge on any atom is 0.319 e. The molecule has 2 heterocycles. The molecule has 130 valence electrons. The number of nitrogens with one attached hydrogen (secondary N) is 2. The Balaban J connectivity index is 1.75. The average Bonchev–Trinajstić information content (AvgIpc) is 2.98. The average molecular weight is 338 g/mol. The lowest BCUT2D eigenvalue weighted by Gasteiger charge is -2.21. The Kier molecular flexibility index (Phi) is 4.65. The first-order valence-electron chi connectivity index (χ1n) is 8.23. The summed E-state index contributed by atoms with van der Waals surface area (Å²) in [6.45, 7) is 6.02. The number of rotatable bonds is 4. The van der Waals surface area contributed by atoms with Gasteiger partial charge in [-0.1, -0.05) is 19.9 Å². The van der Waals surface area contributed by atoms with Crippen molar-refractivity contribution >= 4 is 22.6 Å². The van der Waals surface area contributed by atoms with Crippen molar-refractivity contribution in [2.24, 2.45) is 13.0 Å². The van der Waals surface area contributed by atoms with Crippen LogP contribution in [0.1, 0.15) is 31.4 Å². The lowest BCUT2D eigenvalue weighted by Crippen LogP contribution is -2.36. The minimum absolute atomic E-state index is 0.178. The molecule has 0 saturated carbocycles. The summed E-state index contributed by atoms with van der Waals surface area (Å²) < 4.78 is 1.68. The first-order valence-corrected chi connectivity index (χ1v) is 8.23. The molecule has 0 aliphatic rings. The molecule has 0 unspecified atom stereocenters. The quantitative estimate of drug-likeness (QED) is 0.765. The second kappa shape index (κ2) is 6.88. The van der Waals surface area contributed by atoms with Crippen LogP contribution < -0.4 is 10.6 Å². The summed E-state index contributed by atoms with van der Waals surface area (Å²) in [7, 11) is 1.82. The summed E-state index contributed by atoms with van der Waals surface area (Å²) in [5.41, 5.74) is 2.59. The SMILES string of the molecule is Cc1ccc2cc(NC(=O)N[C@@H](c3ncnn3C)C(C)C)ccc2n1. The standard InChI is InChI=1S/C18H22N6O/c1-11(2)16(17-19-10-20-24(17)4)23-18(25)22-14-7-8-15-13(9-14)6-5-12(3)21-15/h5-11,16H,1-4H3,(H2,22,23,25)/t16-/m1/s1. The highest BCUT2D eigenvalue weighted by atomic mass is 16.2. The molecule has 1 aromatic carbocycles. The summed E-state index contributed by atoms with van der Waals surface area (Å²) in [5.74, 6) is 0.903. The Hall–Kier alpha value is -2.96. The third-order valence-electron chi connectivity index (χ3n) is 4.06. The fourth-order valence-electron chi connectivity index (χ4n) is 2.73. The van der Waals surface area contributed by atoms with Crippen LogP contribution in [0.25, 0.3) is 10.9 Å². The fraction of sp³-hybridized carbons (Fsp3) is 0.333. The third kappa shape index (κ3) is 3.76. The highest BCUT2D eigenvalue weighted by Crippen LogP contribution is 2.21. The zero-order valence-electron chi connectivity index (χ0n) is 14.8. The summed E-state index contributed by atoms with van der Waals surface area (Å²) >= 11 is 0. The first-order chi connectivity index (χ1) is 11.9. The third-order valence-corrected chi connectivity index (χ3v) is 4.06. The summed E-state index contributed by atoms with van der Waals surface area (Å²) in [6.07, 6.45) is 1.49. The van der Waals surface area contributed by atoms with Crippen molar-refractivity contribution in [1.82, 2.24) is 25.1 Å². The molecule has 2 N–H and O–H groups in total. The smallest absolute Gasteiger partial charge is 0.319 e. The first kappa shape index (κ1) is 16.9. The number of amides is 2. The van der Waals surface area contributed by atoms with E-state index in [9.17, 15) is 4.79 Å². The highest BCUT2D eigenvalue weighted by molar-refractivity contribution is 5.92. The summed E-state index contributed by atoms with van der Waals surface area (Å²) in [6, 6.07) is 9.11. The van der Waals surface area contributed by atoms with Crippen LogP contribution in [0.3, 0.4) is 0 Å². The lowest BCUT2D eigenvalue weighted by atomic mass is 10.0. The number of nitrogens with zero attached hydrogens (tertiary/aromatic N) is 4. The molecule has 2 aromatic heterocycles. The van der Waals surface area contributed by atoms with Crippen molar-refractivity contribution in [3.05, 3.63) is 48.2 Å². The van der Waals surface area contributed by atoms with Crippen LogP contribution in [0.2, 0.25) is 0 Å². The van der Waals surface area contributed by atoms with Crippen LogP contribution in [0.15, 0.2) is 36.7 Å². The van der Waals surface area contributed by atoms with E-state index < -0.39 is 0 Å². The van der Waals surface area contributed by atoms with E-state index in [1.165, 1.54) is 6.33 Å². The van der Waals surface area contributed by atoms with Crippen molar-refractivity contribution in [3.8, 4) is 0 Å². The molecule has 0 saturated heterocycles. The molecule has 0 radical (unpaired) electrons. The topological polar surface area (TPSA) is 84.7 Å². The van der Waals surface area contributed by atoms with Gasteiger partial charge in [-0.3, -0.25) is 9.67 Å². The monoisotopic (exact) mass is 338 g/mol. The van der Waals surface area contributed by atoms with Crippen LogP contribution >= 0.6 is 0 Å². The molecule has 3 aromatic rings. The van der Waals surface area contributed by atoms with Crippen molar-refractivity contribution in [2.45, 2.75) is 26.8 Å². The van der Waals surface area contributed by atoms with E-state index in [0.29, 0.717) is 0 Å². The van der Waals surface area contributed by atoms with Gasteiger partial charge in [-0.25, -0.2) is 9.78 Å². The molecule has 0 aliphatic heterocycles. The Labute approximate surface area is 146 Å². The van der Waals surface area contributed by atoms with Gasteiger partial charge in [-0.2, -0.15) is 5.10 Å². The molecular weight excluding hydrogens is 316 g/mol. The van der Waals surface area contributed by atoms with Gasteiger partial charge >= 0.3 is 6.03 Å². The number of aryl methyl sites for hydroxylation is 2. The number of aromatic nitrogens is 4. The molecule has 1 atom stereocenters. The van der Waals surface area contributed by atoms with Crippen molar-refractivity contribution < 1.29 is 4.79 Å². The van der Waals surface area contributed by atoms with Crippen molar-refractivity contribution in [1.29, 1.82) is 0 Å². The zero-order valence-corrected chi connectivity index (χ0v) is 14.8. The molecular formula is C18H22N6O. The number of benzene rings is 1. The second-order valence-electron chi connectivity index (χ2n) is 6.42. The van der Waals surface area contributed by atoms with Gasteiger partial charge in [-0.05, 0) is 37.1 Å². The van der Waals surface area contributed by atoms with Gasteiger partial charge in [-0.15, -0.1) is 0 Å². The van der Waals surface area contributed by atoms with Crippen LogP contribution in [0, 0.1) is 12.8 Å². The lowest BCUT2D eigenvalue weighted by molar-refractivity contribution is 0.243. The highest BCUT2D eigenvalue weighted by Gasteiger charge is 2.22. The van der Waals surface area contributed by atoms with Crippen LogP contribution in [-0.2, 0) is 7.05 Å². The Morgan fingerprint density at radius 2 is 2.00 bits per heavy atom.